The van der Waals surface area contributed by atoms with Crippen LogP contribution in [0.15, 0.2) is 24.3 Å². The van der Waals surface area contributed by atoms with Crippen molar-refractivity contribution in [3.8, 4) is 0 Å². The second-order valence-electron chi connectivity index (χ2n) is 4.18. The van der Waals surface area contributed by atoms with E-state index >= 15 is 0 Å². The Morgan fingerprint density at radius 2 is 2.15 bits per heavy atom. The van der Waals surface area contributed by atoms with Crippen LogP contribution in [0.5, 0.6) is 0 Å². The predicted octanol–water partition coefficient (Wildman–Crippen LogP) is 5.01. The number of carbonyl (C=O) groups is 1. The van der Waals surface area contributed by atoms with Crippen molar-refractivity contribution >= 4 is 73.3 Å². The molecule has 2 aromatic heterocycles. The molecule has 3 nitrogen and oxygen atoms in total. The number of benzene rings is 1. The lowest BCUT2D eigenvalue weighted by Gasteiger charge is -2.05. The average Bonchev–Trinajstić information content (AvgIpc) is 2.92. The van der Waals surface area contributed by atoms with Crippen LogP contribution in [0, 0.1) is 10.6 Å². The maximum Gasteiger partial charge on any atom is 0.280 e. The van der Waals surface area contributed by atoms with Crippen LogP contribution in [-0.4, -0.2) is 15.7 Å². The number of aromatic nitrogens is 2. The summed E-state index contributed by atoms with van der Waals surface area (Å²) in [6.45, 7) is 2.00. The van der Waals surface area contributed by atoms with Crippen molar-refractivity contribution in [3.05, 3.63) is 48.5 Å². The normalized spacial score (nSPS) is 11.2. The zero-order valence-electron chi connectivity index (χ0n) is 10.2. The largest absolute Gasteiger partial charge is 0.280 e. The van der Waals surface area contributed by atoms with Gasteiger partial charge in [-0.1, -0.05) is 29.3 Å². The second kappa shape index (κ2) is 5.29. The van der Waals surface area contributed by atoms with Gasteiger partial charge in [-0.25, -0.2) is 0 Å². The topological polar surface area (TPSA) is 34.9 Å². The minimum absolute atomic E-state index is 0.254. The Balaban J connectivity index is 2.20. The van der Waals surface area contributed by atoms with Gasteiger partial charge < -0.3 is 0 Å². The fourth-order valence-electron chi connectivity index (χ4n) is 1.93. The molecule has 2 heterocycles. The molecule has 1 aromatic carbocycles. The molecule has 0 spiro atoms. The van der Waals surface area contributed by atoms with Crippen LogP contribution in [0.3, 0.4) is 0 Å². The van der Waals surface area contributed by atoms with Crippen molar-refractivity contribution in [1.29, 1.82) is 0 Å². The van der Waals surface area contributed by atoms with E-state index in [1.807, 2.05) is 13.0 Å². The Morgan fingerprint density at radius 1 is 1.40 bits per heavy atom. The maximum atomic E-state index is 12.6. The van der Waals surface area contributed by atoms with Gasteiger partial charge in [0.25, 0.3) is 5.91 Å². The van der Waals surface area contributed by atoms with E-state index in [-0.39, 0.29) is 10.9 Å². The summed E-state index contributed by atoms with van der Waals surface area (Å²) in [6.07, 6.45) is 0. The lowest BCUT2D eigenvalue weighted by Crippen LogP contribution is -2.14. The van der Waals surface area contributed by atoms with E-state index in [0.717, 1.165) is 18.8 Å². The van der Waals surface area contributed by atoms with Crippen LogP contribution in [-0.2, 0) is 0 Å². The molecule has 102 valence electrons. The standard InChI is InChI=1S/C13H7Cl2IN2OS/c1-6-5-9-11(20-6)12(16)17-18(9)13(19)7-3-2-4-8(14)10(7)15/h2-5H,1H3. The second-order valence-corrected chi connectivity index (χ2v) is 7.24. The highest BCUT2D eigenvalue weighted by atomic mass is 127. The minimum atomic E-state index is -0.275. The first-order chi connectivity index (χ1) is 9.49. The number of hydrogen-bond donors (Lipinski definition) is 0. The monoisotopic (exact) mass is 436 g/mol. The molecule has 3 aromatic rings. The first-order valence-electron chi connectivity index (χ1n) is 5.62. The molecule has 0 aliphatic rings. The van der Waals surface area contributed by atoms with E-state index in [1.54, 1.807) is 29.5 Å². The highest BCUT2D eigenvalue weighted by Gasteiger charge is 2.20. The number of halogens is 3. The van der Waals surface area contributed by atoms with Crippen molar-refractivity contribution in [2.45, 2.75) is 6.92 Å². The summed E-state index contributed by atoms with van der Waals surface area (Å²) in [5.74, 6) is -0.275. The van der Waals surface area contributed by atoms with Crippen LogP contribution >= 0.6 is 57.1 Å². The molecule has 0 bridgehead atoms. The molecule has 20 heavy (non-hydrogen) atoms. The molecule has 0 aliphatic heterocycles. The summed E-state index contributed by atoms with van der Waals surface area (Å²) >= 11 is 15.8. The van der Waals surface area contributed by atoms with Crippen molar-refractivity contribution in [2.75, 3.05) is 0 Å². The van der Waals surface area contributed by atoms with Crippen LogP contribution in [0.25, 0.3) is 10.2 Å². The van der Waals surface area contributed by atoms with E-state index in [4.69, 9.17) is 23.2 Å². The zero-order chi connectivity index (χ0) is 14.4. The first-order valence-corrected chi connectivity index (χ1v) is 8.27. The van der Waals surface area contributed by atoms with Gasteiger partial charge in [-0.3, -0.25) is 4.79 Å². The highest BCUT2D eigenvalue weighted by Crippen LogP contribution is 2.31. The Morgan fingerprint density at radius 3 is 2.90 bits per heavy atom. The predicted molar refractivity (Wildman–Crippen MR) is 91.3 cm³/mol. The van der Waals surface area contributed by atoms with Crippen LogP contribution < -0.4 is 0 Å². The first kappa shape index (κ1) is 14.3. The maximum absolute atomic E-state index is 12.6. The number of carbonyl (C=O) groups excluding carboxylic acids is 1. The van der Waals surface area contributed by atoms with Gasteiger partial charge in [0.15, 0.2) is 0 Å². The van der Waals surface area contributed by atoms with E-state index in [1.165, 1.54) is 4.68 Å². The minimum Gasteiger partial charge on any atom is -0.267 e. The summed E-state index contributed by atoms with van der Waals surface area (Å²) in [5, 5.41) is 4.91. The average molecular weight is 437 g/mol. The number of hydrogen-bond acceptors (Lipinski definition) is 3. The molecule has 0 atom stereocenters. The summed E-state index contributed by atoms with van der Waals surface area (Å²) in [4.78, 5) is 13.7. The molecule has 0 radical (unpaired) electrons. The van der Waals surface area contributed by atoms with Crippen molar-refractivity contribution < 1.29 is 4.79 Å². The molecule has 3 rings (SSSR count). The Labute approximate surface area is 142 Å². The van der Waals surface area contributed by atoms with Crippen LogP contribution in [0.4, 0.5) is 0 Å². The summed E-state index contributed by atoms with van der Waals surface area (Å²) in [6, 6.07) is 6.95. The van der Waals surface area contributed by atoms with Gasteiger partial charge in [-0.05, 0) is 47.7 Å². The molecule has 0 N–H and O–H groups in total. The summed E-state index contributed by atoms with van der Waals surface area (Å²) in [7, 11) is 0. The third-order valence-electron chi connectivity index (χ3n) is 2.81. The molecule has 0 saturated carbocycles. The summed E-state index contributed by atoms with van der Waals surface area (Å²) < 4.78 is 3.20. The smallest absolute Gasteiger partial charge is 0.267 e. The quantitative estimate of drug-likeness (QED) is 0.503. The number of rotatable bonds is 1. The lowest BCUT2D eigenvalue weighted by molar-refractivity contribution is 0.0950. The Bertz CT molecular complexity index is 840. The Hall–Kier alpha value is -0.630. The van der Waals surface area contributed by atoms with Crippen LogP contribution in [0.1, 0.15) is 15.2 Å². The van der Waals surface area contributed by atoms with Gasteiger partial charge in [0.05, 0.1) is 25.8 Å². The molecular formula is C13H7Cl2IN2OS. The SMILES string of the molecule is Cc1cc2c(s1)c(I)nn2C(=O)c1cccc(Cl)c1Cl. The molecule has 0 saturated heterocycles. The van der Waals surface area contributed by atoms with E-state index in [9.17, 15) is 4.79 Å². The zero-order valence-corrected chi connectivity index (χ0v) is 14.6. The van der Waals surface area contributed by atoms with E-state index in [0.29, 0.717) is 10.6 Å². The number of thiophene rings is 1. The number of nitrogens with zero attached hydrogens (tertiary/aromatic N) is 2. The van der Waals surface area contributed by atoms with Crippen molar-refractivity contribution in [1.82, 2.24) is 9.78 Å². The molecule has 0 fully saturated rings. The third kappa shape index (κ3) is 2.26. The van der Waals surface area contributed by atoms with Gasteiger partial charge >= 0.3 is 0 Å². The molecule has 0 unspecified atom stereocenters. The van der Waals surface area contributed by atoms with Gasteiger partial charge in [0.1, 0.15) is 3.70 Å². The van der Waals surface area contributed by atoms with Crippen molar-refractivity contribution in [3.63, 3.8) is 0 Å². The van der Waals surface area contributed by atoms with Crippen LogP contribution in [0.2, 0.25) is 10.0 Å². The molecule has 0 amide bonds. The molecular weight excluding hydrogens is 430 g/mol. The third-order valence-corrected chi connectivity index (χ3v) is 5.80. The molecule has 0 aliphatic carbocycles. The highest BCUT2D eigenvalue weighted by molar-refractivity contribution is 14.1. The molecule has 7 heteroatoms. The Kier molecular flexibility index (Phi) is 3.79. The van der Waals surface area contributed by atoms with E-state index in [2.05, 4.69) is 27.7 Å². The van der Waals surface area contributed by atoms with E-state index < -0.39 is 0 Å². The van der Waals surface area contributed by atoms with Crippen molar-refractivity contribution in [2.24, 2.45) is 0 Å². The number of aryl methyl sites for hydroxylation is 1. The van der Waals surface area contributed by atoms with Gasteiger partial charge in [0.2, 0.25) is 0 Å². The van der Waals surface area contributed by atoms with Gasteiger partial charge in [-0.15, -0.1) is 11.3 Å². The lowest BCUT2D eigenvalue weighted by atomic mass is 10.2. The van der Waals surface area contributed by atoms with Gasteiger partial charge in [0, 0.05) is 4.88 Å². The van der Waals surface area contributed by atoms with Gasteiger partial charge in [-0.2, -0.15) is 9.78 Å². The fraction of sp³-hybridized carbons (Fsp3) is 0.0769. The fourth-order valence-corrected chi connectivity index (χ4v) is 4.00. The number of fused-ring (bicyclic) bond motifs is 1. The summed E-state index contributed by atoms with van der Waals surface area (Å²) in [5.41, 5.74) is 1.15.